The minimum Gasteiger partial charge on any atom is -0.481 e. The van der Waals surface area contributed by atoms with Gasteiger partial charge in [0.05, 0.1) is 19.0 Å². The van der Waals surface area contributed by atoms with Crippen LogP contribution in [0.3, 0.4) is 0 Å². The second-order valence-corrected chi connectivity index (χ2v) is 6.17. The van der Waals surface area contributed by atoms with Gasteiger partial charge in [0.2, 0.25) is 5.91 Å². The van der Waals surface area contributed by atoms with Crippen LogP contribution in [0, 0.1) is 5.92 Å². The summed E-state index contributed by atoms with van der Waals surface area (Å²) in [6.45, 7) is 4.72. The Kier molecular flexibility index (Phi) is 6.67. The van der Waals surface area contributed by atoms with E-state index in [1.54, 1.807) is 23.3 Å². The normalized spacial score (nSPS) is 12.7. The maximum Gasteiger partial charge on any atom is 0.304 e. The van der Waals surface area contributed by atoms with E-state index in [9.17, 15) is 9.59 Å². The zero-order valence-corrected chi connectivity index (χ0v) is 12.9. The van der Waals surface area contributed by atoms with Crippen molar-refractivity contribution in [2.45, 2.75) is 26.3 Å². The van der Waals surface area contributed by atoms with Gasteiger partial charge in [-0.2, -0.15) is 0 Å². The number of thiophene rings is 1. The fraction of sp³-hybridized carbons (Fsp3) is 0.571. The Morgan fingerprint density at radius 1 is 1.45 bits per heavy atom. The number of carbonyl (C=O) groups excluding carboxylic acids is 1. The van der Waals surface area contributed by atoms with Crippen LogP contribution in [0.2, 0.25) is 0 Å². The second kappa shape index (κ2) is 8.01. The van der Waals surface area contributed by atoms with E-state index in [0.29, 0.717) is 12.5 Å². The Morgan fingerprint density at radius 2 is 2.15 bits per heavy atom. The van der Waals surface area contributed by atoms with Crippen LogP contribution in [0.4, 0.5) is 0 Å². The van der Waals surface area contributed by atoms with E-state index >= 15 is 0 Å². The summed E-state index contributed by atoms with van der Waals surface area (Å²) in [5.41, 5.74) is 0. The van der Waals surface area contributed by atoms with Crippen LogP contribution in [0.15, 0.2) is 17.5 Å². The predicted molar refractivity (Wildman–Crippen MR) is 79.8 cm³/mol. The number of likely N-dealkylation sites (N-methyl/N-ethyl adjacent to an activating group) is 1. The lowest BCUT2D eigenvalue weighted by Crippen LogP contribution is -2.39. The molecule has 0 aliphatic rings. The van der Waals surface area contributed by atoms with Gasteiger partial charge in [0.15, 0.2) is 0 Å². The molecule has 0 radical (unpaired) electrons. The third-order valence-corrected chi connectivity index (χ3v) is 3.91. The van der Waals surface area contributed by atoms with Gasteiger partial charge in [-0.1, -0.05) is 19.9 Å². The maximum atomic E-state index is 12.0. The Hall–Kier alpha value is -1.40. The first-order valence-electron chi connectivity index (χ1n) is 6.63. The lowest BCUT2D eigenvalue weighted by Gasteiger charge is -2.23. The van der Waals surface area contributed by atoms with Gasteiger partial charge in [0.1, 0.15) is 0 Å². The molecule has 0 saturated carbocycles. The Balaban J connectivity index is 2.49. The number of hydrogen-bond donors (Lipinski definition) is 2. The summed E-state index contributed by atoms with van der Waals surface area (Å²) in [5.74, 6) is -0.622. The van der Waals surface area contributed by atoms with Crippen molar-refractivity contribution in [3.05, 3.63) is 22.4 Å². The monoisotopic (exact) mass is 298 g/mol. The number of carbonyl (C=O) groups is 2. The summed E-state index contributed by atoms with van der Waals surface area (Å²) >= 11 is 1.63. The molecular formula is C14H22N2O3S. The molecule has 0 spiro atoms. The summed E-state index contributed by atoms with van der Waals surface area (Å²) in [4.78, 5) is 25.4. The molecule has 5 nitrogen and oxygen atoms in total. The molecule has 112 valence electrons. The molecule has 0 aliphatic heterocycles. The van der Waals surface area contributed by atoms with Gasteiger partial charge in [-0.15, -0.1) is 11.3 Å². The van der Waals surface area contributed by atoms with Gasteiger partial charge in [-0.05, 0) is 24.4 Å². The van der Waals surface area contributed by atoms with Crippen LogP contribution >= 0.6 is 11.3 Å². The highest BCUT2D eigenvalue weighted by molar-refractivity contribution is 7.10. The SMILES string of the molecule is CC(C)C(NC(=O)CN(C)CCC(=O)O)c1cccs1. The number of hydrogen-bond acceptors (Lipinski definition) is 4. The zero-order chi connectivity index (χ0) is 15.1. The van der Waals surface area contributed by atoms with E-state index in [1.165, 1.54) is 0 Å². The summed E-state index contributed by atoms with van der Waals surface area (Å²) in [5, 5.41) is 13.6. The highest BCUT2D eigenvalue weighted by Gasteiger charge is 2.19. The van der Waals surface area contributed by atoms with Crippen molar-refractivity contribution < 1.29 is 14.7 Å². The van der Waals surface area contributed by atoms with Crippen LogP contribution in [0.5, 0.6) is 0 Å². The summed E-state index contributed by atoms with van der Waals surface area (Å²) < 4.78 is 0. The topological polar surface area (TPSA) is 69.6 Å². The molecule has 1 amide bonds. The quantitative estimate of drug-likeness (QED) is 0.770. The van der Waals surface area contributed by atoms with Crippen molar-refractivity contribution in [1.29, 1.82) is 0 Å². The number of carboxylic acid groups (broad SMARTS) is 1. The van der Waals surface area contributed by atoms with Crippen LogP contribution in [-0.4, -0.2) is 42.0 Å². The summed E-state index contributed by atoms with van der Waals surface area (Å²) in [6, 6.07) is 4.00. The van der Waals surface area contributed by atoms with Gasteiger partial charge in [0.25, 0.3) is 0 Å². The van der Waals surface area contributed by atoms with Gasteiger partial charge in [-0.25, -0.2) is 0 Å². The molecule has 1 heterocycles. The van der Waals surface area contributed by atoms with Crippen molar-refractivity contribution in [2.24, 2.45) is 5.92 Å². The van der Waals surface area contributed by atoms with Crippen molar-refractivity contribution >= 4 is 23.2 Å². The average Bonchev–Trinajstić information content (AvgIpc) is 2.86. The van der Waals surface area contributed by atoms with Crippen molar-refractivity contribution in [1.82, 2.24) is 10.2 Å². The Bertz CT molecular complexity index is 432. The van der Waals surface area contributed by atoms with Crippen molar-refractivity contribution in [3.63, 3.8) is 0 Å². The molecule has 20 heavy (non-hydrogen) atoms. The molecule has 1 aromatic rings. The number of nitrogens with zero attached hydrogens (tertiary/aromatic N) is 1. The van der Waals surface area contributed by atoms with Crippen molar-refractivity contribution in [2.75, 3.05) is 20.1 Å². The average molecular weight is 298 g/mol. The minimum atomic E-state index is -0.851. The fourth-order valence-corrected chi connectivity index (χ4v) is 2.81. The van der Waals surface area contributed by atoms with Gasteiger partial charge in [0, 0.05) is 11.4 Å². The molecule has 2 N–H and O–H groups in total. The number of amides is 1. The first kappa shape index (κ1) is 16.7. The van der Waals surface area contributed by atoms with Crippen LogP contribution in [-0.2, 0) is 9.59 Å². The number of rotatable bonds is 8. The third-order valence-electron chi connectivity index (χ3n) is 2.95. The molecule has 1 atom stereocenters. The zero-order valence-electron chi connectivity index (χ0n) is 12.1. The molecule has 6 heteroatoms. The number of carboxylic acids is 1. The third kappa shape index (κ3) is 5.71. The first-order valence-corrected chi connectivity index (χ1v) is 7.51. The predicted octanol–water partition coefficient (Wildman–Crippen LogP) is 1.97. The Labute approximate surface area is 123 Å². The molecule has 0 saturated heterocycles. The summed E-state index contributed by atoms with van der Waals surface area (Å²) in [7, 11) is 1.75. The van der Waals surface area contributed by atoms with E-state index < -0.39 is 5.97 Å². The standard InChI is InChI=1S/C14H22N2O3S/c1-10(2)14(11-5-4-8-20-11)15-12(17)9-16(3)7-6-13(18)19/h4-5,8,10,14H,6-7,9H2,1-3H3,(H,15,17)(H,18,19). The van der Waals surface area contributed by atoms with Gasteiger partial charge >= 0.3 is 5.97 Å². The maximum absolute atomic E-state index is 12.0. The molecule has 1 aromatic heterocycles. The fourth-order valence-electron chi connectivity index (χ4n) is 1.86. The molecule has 0 bridgehead atoms. The highest BCUT2D eigenvalue weighted by atomic mass is 32.1. The highest BCUT2D eigenvalue weighted by Crippen LogP contribution is 2.25. The molecule has 0 fully saturated rings. The number of aliphatic carboxylic acids is 1. The molecule has 0 aromatic carbocycles. The van der Waals surface area contributed by atoms with Gasteiger partial charge in [-0.3, -0.25) is 14.5 Å². The Morgan fingerprint density at radius 3 is 2.65 bits per heavy atom. The number of nitrogens with one attached hydrogen (secondary N) is 1. The lowest BCUT2D eigenvalue weighted by molar-refractivity contribution is -0.137. The summed E-state index contributed by atoms with van der Waals surface area (Å²) in [6.07, 6.45) is 0.0440. The van der Waals surface area contributed by atoms with Crippen LogP contribution in [0.1, 0.15) is 31.2 Å². The molecular weight excluding hydrogens is 276 g/mol. The van der Waals surface area contributed by atoms with Crippen molar-refractivity contribution in [3.8, 4) is 0 Å². The van der Waals surface area contributed by atoms with Crippen LogP contribution < -0.4 is 5.32 Å². The van der Waals surface area contributed by atoms with E-state index in [0.717, 1.165) is 4.88 Å². The largest absolute Gasteiger partial charge is 0.481 e. The first-order chi connectivity index (χ1) is 9.40. The smallest absolute Gasteiger partial charge is 0.304 e. The van der Waals surface area contributed by atoms with E-state index in [1.807, 2.05) is 17.5 Å². The minimum absolute atomic E-state index is 0.00961. The van der Waals surface area contributed by atoms with Crippen LogP contribution in [0.25, 0.3) is 0 Å². The lowest BCUT2D eigenvalue weighted by atomic mass is 10.0. The van der Waals surface area contributed by atoms with E-state index in [4.69, 9.17) is 5.11 Å². The van der Waals surface area contributed by atoms with E-state index in [2.05, 4.69) is 19.2 Å². The second-order valence-electron chi connectivity index (χ2n) is 5.19. The molecule has 1 rings (SSSR count). The van der Waals surface area contributed by atoms with Gasteiger partial charge < -0.3 is 10.4 Å². The molecule has 1 unspecified atom stereocenters. The van der Waals surface area contributed by atoms with E-state index in [-0.39, 0.29) is 24.9 Å². The molecule has 0 aliphatic carbocycles.